The number of carbonyl (C=O) groups is 1. The number of ether oxygens (including phenoxy) is 1. The number of benzene rings is 1. The molecule has 1 aromatic carbocycles. The average Bonchev–Trinajstić information content (AvgIpc) is 2.36. The third-order valence-corrected chi connectivity index (χ3v) is 2.41. The van der Waals surface area contributed by atoms with Crippen LogP contribution in [0.2, 0.25) is 0 Å². The second-order valence-corrected chi connectivity index (χ2v) is 3.42. The predicted octanol–water partition coefficient (Wildman–Crippen LogP) is 2.44. The van der Waals surface area contributed by atoms with Gasteiger partial charge in [0.1, 0.15) is 5.82 Å². The van der Waals surface area contributed by atoms with Crippen LogP contribution in [0.1, 0.15) is 0 Å². The Balaban J connectivity index is 2.43. The standard InChI is InChI=1S/C12H12N2O2/c1-14(12(15)16-2)11-7-9-5-3-4-6-10(9)8-13-11/h3-8H,1-2H3. The number of rotatable bonds is 1. The Morgan fingerprint density at radius 3 is 2.69 bits per heavy atom. The predicted molar refractivity (Wildman–Crippen MR) is 62.6 cm³/mol. The second kappa shape index (κ2) is 4.18. The van der Waals surface area contributed by atoms with Gasteiger partial charge in [0.25, 0.3) is 0 Å². The van der Waals surface area contributed by atoms with Crippen LogP contribution in [0.4, 0.5) is 10.6 Å². The average molecular weight is 216 g/mol. The van der Waals surface area contributed by atoms with Gasteiger partial charge < -0.3 is 4.74 Å². The van der Waals surface area contributed by atoms with Crippen molar-refractivity contribution in [1.29, 1.82) is 0 Å². The van der Waals surface area contributed by atoms with Gasteiger partial charge in [0.05, 0.1) is 7.11 Å². The summed E-state index contributed by atoms with van der Waals surface area (Å²) < 4.78 is 4.63. The first-order chi connectivity index (χ1) is 7.72. The quantitative estimate of drug-likeness (QED) is 0.735. The molecule has 2 aromatic rings. The number of hydrogen-bond acceptors (Lipinski definition) is 3. The van der Waals surface area contributed by atoms with Crippen molar-refractivity contribution in [3.05, 3.63) is 36.5 Å². The molecule has 1 aromatic heterocycles. The molecule has 2 rings (SSSR count). The molecule has 4 heteroatoms. The number of carbonyl (C=O) groups excluding carboxylic acids is 1. The molecule has 0 aliphatic heterocycles. The van der Waals surface area contributed by atoms with Crippen LogP contribution < -0.4 is 4.90 Å². The summed E-state index contributed by atoms with van der Waals surface area (Å²) in [5.41, 5.74) is 0. The van der Waals surface area contributed by atoms with Crippen LogP contribution in [0.15, 0.2) is 36.5 Å². The monoisotopic (exact) mass is 216 g/mol. The summed E-state index contributed by atoms with van der Waals surface area (Å²) in [6.45, 7) is 0. The zero-order chi connectivity index (χ0) is 11.5. The van der Waals surface area contributed by atoms with Crippen molar-refractivity contribution < 1.29 is 9.53 Å². The second-order valence-electron chi connectivity index (χ2n) is 3.42. The third kappa shape index (κ3) is 1.82. The molecule has 0 atom stereocenters. The fourth-order valence-corrected chi connectivity index (χ4v) is 1.49. The fraction of sp³-hybridized carbons (Fsp3) is 0.167. The van der Waals surface area contributed by atoms with Crippen molar-refractivity contribution in [3.63, 3.8) is 0 Å². The molecular weight excluding hydrogens is 204 g/mol. The molecule has 0 saturated carbocycles. The Bertz CT molecular complexity index is 525. The maximum atomic E-state index is 11.3. The molecule has 0 fully saturated rings. The van der Waals surface area contributed by atoms with Crippen molar-refractivity contribution in [1.82, 2.24) is 4.98 Å². The summed E-state index contributed by atoms with van der Waals surface area (Å²) in [5.74, 6) is 0.575. The van der Waals surface area contributed by atoms with Crippen LogP contribution in [0.25, 0.3) is 10.8 Å². The molecule has 0 saturated heterocycles. The van der Waals surface area contributed by atoms with Crippen LogP contribution in [0, 0.1) is 0 Å². The van der Waals surface area contributed by atoms with E-state index < -0.39 is 6.09 Å². The number of anilines is 1. The van der Waals surface area contributed by atoms with E-state index in [0.717, 1.165) is 10.8 Å². The van der Waals surface area contributed by atoms with Gasteiger partial charge in [-0.1, -0.05) is 24.3 Å². The van der Waals surface area contributed by atoms with E-state index in [1.165, 1.54) is 12.0 Å². The summed E-state index contributed by atoms with van der Waals surface area (Å²) in [6.07, 6.45) is 1.31. The first kappa shape index (κ1) is 10.4. The van der Waals surface area contributed by atoms with Gasteiger partial charge >= 0.3 is 6.09 Å². The highest BCUT2D eigenvalue weighted by Crippen LogP contribution is 2.18. The Morgan fingerprint density at radius 2 is 2.00 bits per heavy atom. The molecule has 0 aliphatic rings. The molecule has 82 valence electrons. The highest BCUT2D eigenvalue weighted by atomic mass is 16.5. The van der Waals surface area contributed by atoms with Gasteiger partial charge in [0.15, 0.2) is 0 Å². The van der Waals surface area contributed by atoms with Crippen LogP contribution in [0.3, 0.4) is 0 Å². The van der Waals surface area contributed by atoms with Crippen LogP contribution in [-0.2, 0) is 4.74 Å². The lowest BCUT2D eigenvalue weighted by atomic mass is 10.2. The first-order valence-corrected chi connectivity index (χ1v) is 4.89. The van der Waals surface area contributed by atoms with Gasteiger partial charge in [-0.3, -0.25) is 4.90 Å². The van der Waals surface area contributed by atoms with Crippen LogP contribution in [-0.4, -0.2) is 25.2 Å². The highest BCUT2D eigenvalue weighted by molar-refractivity contribution is 5.90. The lowest BCUT2D eigenvalue weighted by Crippen LogP contribution is -2.26. The number of nitrogens with zero attached hydrogens (tertiary/aromatic N) is 2. The number of hydrogen-bond donors (Lipinski definition) is 0. The van der Waals surface area contributed by atoms with Crippen LogP contribution in [0.5, 0.6) is 0 Å². The lowest BCUT2D eigenvalue weighted by molar-refractivity contribution is 0.180. The Morgan fingerprint density at radius 1 is 1.31 bits per heavy atom. The van der Waals surface area contributed by atoms with E-state index in [9.17, 15) is 4.79 Å². The van der Waals surface area contributed by atoms with Gasteiger partial charge in [-0.2, -0.15) is 0 Å². The normalized spacial score (nSPS) is 10.1. The molecular formula is C12H12N2O2. The molecule has 0 N–H and O–H groups in total. The Kier molecular flexibility index (Phi) is 2.72. The Hall–Kier alpha value is -2.10. The van der Waals surface area contributed by atoms with E-state index in [1.807, 2.05) is 30.3 Å². The van der Waals surface area contributed by atoms with Gasteiger partial charge in [-0.05, 0) is 11.5 Å². The van der Waals surface area contributed by atoms with Crippen molar-refractivity contribution >= 4 is 22.7 Å². The number of pyridine rings is 1. The van der Waals surface area contributed by atoms with E-state index in [-0.39, 0.29) is 0 Å². The molecule has 0 unspecified atom stereocenters. The van der Waals surface area contributed by atoms with Crippen LogP contribution >= 0.6 is 0 Å². The minimum atomic E-state index is -0.428. The maximum absolute atomic E-state index is 11.3. The third-order valence-electron chi connectivity index (χ3n) is 2.41. The molecule has 1 amide bonds. The highest BCUT2D eigenvalue weighted by Gasteiger charge is 2.11. The summed E-state index contributed by atoms with van der Waals surface area (Å²) in [5, 5.41) is 2.09. The molecule has 0 bridgehead atoms. The van der Waals surface area contributed by atoms with Crippen molar-refractivity contribution in [2.24, 2.45) is 0 Å². The van der Waals surface area contributed by atoms with Gasteiger partial charge in [-0.25, -0.2) is 9.78 Å². The summed E-state index contributed by atoms with van der Waals surface area (Å²) in [4.78, 5) is 16.9. The van der Waals surface area contributed by atoms with Crippen molar-refractivity contribution in [2.45, 2.75) is 0 Å². The summed E-state index contributed by atoms with van der Waals surface area (Å²) >= 11 is 0. The molecule has 0 aliphatic carbocycles. The summed E-state index contributed by atoms with van der Waals surface area (Å²) in [7, 11) is 2.98. The largest absolute Gasteiger partial charge is 0.452 e. The fourth-order valence-electron chi connectivity index (χ4n) is 1.49. The first-order valence-electron chi connectivity index (χ1n) is 4.89. The van der Waals surface area contributed by atoms with E-state index in [1.54, 1.807) is 13.2 Å². The van der Waals surface area contributed by atoms with E-state index >= 15 is 0 Å². The van der Waals surface area contributed by atoms with Gasteiger partial charge in [0, 0.05) is 18.6 Å². The smallest absolute Gasteiger partial charge is 0.414 e. The minimum absolute atomic E-state index is 0.428. The van der Waals surface area contributed by atoms with E-state index in [0.29, 0.717) is 5.82 Å². The molecule has 1 heterocycles. The summed E-state index contributed by atoms with van der Waals surface area (Å²) in [6, 6.07) is 9.71. The van der Waals surface area contributed by atoms with Crippen molar-refractivity contribution in [3.8, 4) is 0 Å². The molecule has 16 heavy (non-hydrogen) atoms. The number of amides is 1. The molecule has 0 spiro atoms. The zero-order valence-corrected chi connectivity index (χ0v) is 9.18. The van der Waals surface area contributed by atoms with E-state index in [4.69, 9.17) is 0 Å². The molecule has 4 nitrogen and oxygen atoms in total. The topological polar surface area (TPSA) is 42.4 Å². The number of fused-ring (bicyclic) bond motifs is 1. The Labute approximate surface area is 93.5 Å². The SMILES string of the molecule is COC(=O)N(C)c1cc2ccccc2cn1. The van der Waals surface area contributed by atoms with E-state index in [2.05, 4.69) is 9.72 Å². The maximum Gasteiger partial charge on any atom is 0.414 e. The lowest BCUT2D eigenvalue weighted by Gasteiger charge is -2.14. The number of aromatic nitrogens is 1. The molecule has 0 radical (unpaired) electrons. The zero-order valence-electron chi connectivity index (χ0n) is 9.18. The number of methoxy groups -OCH3 is 1. The van der Waals surface area contributed by atoms with Crippen molar-refractivity contribution in [2.75, 3.05) is 19.1 Å². The van der Waals surface area contributed by atoms with Gasteiger partial charge in [-0.15, -0.1) is 0 Å². The van der Waals surface area contributed by atoms with Gasteiger partial charge in [0.2, 0.25) is 0 Å². The minimum Gasteiger partial charge on any atom is -0.452 e.